The molecule has 2 atom stereocenters. The number of aromatic nitrogens is 2. The molecule has 2 aromatic carbocycles. The predicted molar refractivity (Wildman–Crippen MR) is 101 cm³/mol. The van der Waals surface area contributed by atoms with E-state index in [-0.39, 0.29) is 17.7 Å². The molecule has 1 fully saturated rings. The Bertz CT molecular complexity index is 1130. The summed E-state index contributed by atoms with van der Waals surface area (Å²) >= 11 is 0. The summed E-state index contributed by atoms with van der Waals surface area (Å²) in [5.41, 5.74) is -0.337. The molecule has 0 bridgehead atoms. The fraction of sp³-hybridized carbons (Fsp3) is 0.333. The average Bonchev–Trinajstić information content (AvgIpc) is 3.12. The van der Waals surface area contributed by atoms with E-state index in [2.05, 4.69) is 10.4 Å². The highest BCUT2D eigenvalue weighted by Crippen LogP contribution is 2.46. The van der Waals surface area contributed by atoms with E-state index in [0.29, 0.717) is 35.5 Å². The van der Waals surface area contributed by atoms with E-state index < -0.39 is 17.3 Å². The third-order valence-corrected chi connectivity index (χ3v) is 5.66. The minimum absolute atomic E-state index is 0.0542. The maximum Gasteiger partial charge on any atom is 0.417 e. The van der Waals surface area contributed by atoms with Gasteiger partial charge in [-0.2, -0.15) is 23.5 Å². The lowest BCUT2D eigenvalue weighted by atomic mass is 9.93. The van der Waals surface area contributed by atoms with Gasteiger partial charge in [-0.15, -0.1) is 0 Å². The Balaban J connectivity index is 1.86. The molecule has 1 N–H and O–H groups in total. The van der Waals surface area contributed by atoms with Crippen LogP contribution in [-0.2, 0) is 10.9 Å². The van der Waals surface area contributed by atoms with E-state index in [1.165, 1.54) is 0 Å². The van der Waals surface area contributed by atoms with Gasteiger partial charge >= 0.3 is 6.18 Å². The first-order valence-electron chi connectivity index (χ1n) is 9.46. The summed E-state index contributed by atoms with van der Waals surface area (Å²) in [5, 5.41) is 17.9. The van der Waals surface area contributed by atoms with Gasteiger partial charge in [0.25, 0.3) is 0 Å². The number of hydrogen-bond acceptors (Lipinski definition) is 4. The number of nitriles is 1. The van der Waals surface area contributed by atoms with Crippen LogP contribution in [0.3, 0.4) is 0 Å². The summed E-state index contributed by atoms with van der Waals surface area (Å²) in [6, 6.07) is 11.7. The number of rotatable bonds is 1. The van der Waals surface area contributed by atoms with Crippen molar-refractivity contribution in [2.45, 2.75) is 25.2 Å². The van der Waals surface area contributed by atoms with E-state index in [0.717, 1.165) is 18.9 Å². The maximum atomic E-state index is 13.8. The van der Waals surface area contributed by atoms with Crippen LogP contribution in [-0.4, -0.2) is 22.9 Å². The Morgan fingerprint density at radius 3 is 2.76 bits per heavy atom. The van der Waals surface area contributed by atoms with Crippen LogP contribution in [0.25, 0.3) is 22.0 Å². The van der Waals surface area contributed by atoms with Crippen molar-refractivity contribution in [2.24, 2.45) is 5.92 Å². The van der Waals surface area contributed by atoms with Crippen LogP contribution in [0.1, 0.15) is 30.2 Å². The van der Waals surface area contributed by atoms with Gasteiger partial charge in [-0.1, -0.05) is 30.3 Å². The van der Waals surface area contributed by atoms with Crippen molar-refractivity contribution in [2.75, 3.05) is 18.5 Å². The first kappa shape index (κ1) is 18.0. The second-order valence-electron chi connectivity index (χ2n) is 7.38. The standard InChI is InChI=1S/C21H17F3N4O/c22-21(23,24)16-9-14(12-5-2-1-3-6-12)17-18(15(16)10-25)27-28-19(17)26-11-13-7-4-8-29-20(13)28/h1-3,5-6,9,13,20,26H,4,7-8,11H2/t13-,20-/m0/s1. The van der Waals surface area contributed by atoms with Gasteiger partial charge in [-0.25, -0.2) is 4.68 Å². The molecule has 0 unspecified atom stereocenters. The Kier molecular flexibility index (Phi) is 4.03. The second kappa shape index (κ2) is 6.49. The fourth-order valence-electron chi connectivity index (χ4n) is 4.35. The predicted octanol–water partition coefficient (Wildman–Crippen LogP) is 4.94. The lowest BCUT2D eigenvalue weighted by Gasteiger charge is -2.36. The highest BCUT2D eigenvalue weighted by atomic mass is 19.4. The van der Waals surface area contributed by atoms with Gasteiger partial charge in [0.1, 0.15) is 17.4 Å². The molecule has 0 spiro atoms. The van der Waals surface area contributed by atoms with Crippen LogP contribution >= 0.6 is 0 Å². The van der Waals surface area contributed by atoms with Crippen molar-refractivity contribution in [3.63, 3.8) is 0 Å². The molecule has 1 aromatic heterocycles. The van der Waals surface area contributed by atoms with Crippen LogP contribution in [0.5, 0.6) is 0 Å². The van der Waals surface area contributed by atoms with Crippen molar-refractivity contribution < 1.29 is 17.9 Å². The third-order valence-electron chi connectivity index (χ3n) is 5.66. The highest BCUT2D eigenvalue weighted by Gasteiger charge is 2.39. The molecule has 0 amide bonds. The number of alkyl halides is 3. The summed E-state index contributed by atoms with van der Waals surface area (Å²) < 4.78 is 48.9. The van der Waals surface area contributed by atoms with Crippen LogP contribution in [0.2, 0.25) is 0 Å². The quantitative estimate of drug-likeness (QED) is 0.630. The van der Waals surface area contributed by atoms with Gasteiger partial charge in [0.15, 0.2) is 6.23 Å². The smallest absolute Gasteiger partial charge is 0.369 e. The Morgan fingerprint density at radius 2 is 2.03 bits per heavy atom. The molecule has 3 aromatic rings. The summed E-state index contributed by atoms with van der Waals surface area (Å²) in [5.74, 6) is 0.797. The van der Waals surface area contributed by atoms with Crippen molar-refractivity contribution in [3.05, 3.63) is 47.5 Å². The minimum atomic E-state index is -4.66. The van der Waals surface area contributed by atoms with Crippen molar-refractivity contribution >= 4 is 16.7 Å². The maximum absolute atomic E-state index is 13.8. The van der Waals surface area contributed by atoms with E-state index >= 15 is 0 Å². The summed E-state index contributed by atoms with van der Waals surface area (Å²) in [6.45, 7) is 1.24. The first-order chi connectivity index (χ1) is 14.0. The minimum Gasteiger partial charge on any atom is -0.369 e. The lowest BCUT2D eigenvalue weighted by molar-refractivity contribution is -0.137. The average molecular weight is 398 g/mol. The Hall–Kier alpha value is -3.05. The number of nitrogens with zero attached hydrogens (tertiary/aromatic N) is 3. The second-order valence-corrected chi connectivity index (χ2v) is 7.38. The van der Waals surface area contributed by atoms with Gasteiger partial charge in [0, 0.05) is 19.1 Å². The number of nitrogens with one attached hydrogen (secondary N) is 1. The largest absolute Gasteiger partial charge is 0.417 e. The topological polar surface area (TPSA) is 62.9 Å². The van der Waals surface area contributed by atoms with Crippen molar-refractivity contribution in [1.29, 1.82) is 5.26 Å². The zero-order valence-corrected chi connectivity index (χ0v) is 15.3. The molecule has 8 heteroatoms. The number of benzene rings is 2. The van der Waals surface area contributed by atoms with Gasteiger partial charge < -0.3 is 10.1 Å². The molecule has 0 radical (unpaired) electrons. The molecular weight excluding hydrogens is 381 g/mol. The Labute approximate surface area is 164 Å². The van der Waals surface area contributed by atoms with Gasteiger partial charge in [-0.3, -0.25) is 0 Å². The van der Waals surface area contributed by atoms with Crippen LogP contribution in [0.4, 0.5) is 19.0 Å². The highest BCUT2D eigenvalue weighted by molar-refractivity contribution is 6.05. The zero-order valence-electron chi connectivity index (χ0n) is 15.3. The molecule has 5 rings (SSSR count). The summed E-state index contributed by atoms with van der Waals surface area (Å²) in [4.78, 5) is 0. The number of ether oxygens (including phenoxy) is 1. The number of fused-ring (bicyclic) bond motifs is 5. The number of hydrogen-bond donors (Lipinski definition) is 1. The molecular formula is C21H17F3N4O. The van der Waals surface area contributed by atoms with Crippen molar-refractivity contribution in [1.82, 2.24) is 9.78 Å². The molecule has 3 heterocycles. The third kappa shape index (κ3) is 2.76. The number of halogens is 3. The fourth-order valence-corrected chi connectivity index (χ4v) is 4.35. The van der Waals surface area contributed by atoms with E-state index in [1.54, 1.807) is 41.1 Å². The van der Waals surface area contributed by atoms with E-state index in [9.17, 15) is 18.4 Å². The van der Waals surface area contributed by atoms with Crippen LogP contribution in [0, 0.1) is 17.2 Å². The normalized spacial score (nSPS) is 21.2. The van der Waals surface area contributed by atoms with E-state index in [1.807, 2.05) is 0 Å². The van der Waals surface area contributed by atoms with Crippen LogP contribution < -0.4 is 5.32 Å². The van der Waals surface area contributed by atoms with Crippen LogP contribution in [0.15, 0.2) is 36.4 Å². The Morgan fingerprint density at radius 1 is 1.24 bits per heavy atom. The van der Waals surface area contributed by atoms with E-state index in [4.69, 9.17) is 4.74 Å². The molecule has 2 aliphatic heterocycles. The monoisotopic (exact) mass is 398 g/mol. The zero-order chi connectivity index (χ0) is 20.2. The molecule has 2 aliphatic rings. The van der Waals surface area contributed by atoms with Gasteiger partial charge in [-0.05, 0) is 30.0 Å². The molecule has 5 nitrogen and oxygen atoms in total. The molecule has 0 saturated carbocycles. The molecule has 1 saturated heterocycles. The first-order valence-corrected chi connectivity index (χ1v) is 9.46. The van der Waals surface area contributed by atoms with Gasteiger partial charge in [0.05, 0.1) is 16.5 Å². The SMILES string of the molecule is N#Cc1c(C(F)(F)F)cc(-c2ccccc2)c2c3n(nc12)[C@H]1OCCC[C@H]1CN3. The summed E-state index contributed by atoms with van der Waals surface area (Å²) in [6.07, 6.45) is -3.10. The molecule has 148 valence electrons. The molecule has 29 heavy (non-hydrogen) atoms. The van der Waals surface area contributed by atoms with Gasteiger partial charge in [0.2, 0.25) is 0 Å². The lowest BCUT2D eigenvalue weighted by Crippen LogP contribution is -2.37. The number of anilines is 1. The van der Waals surface area contributed by atoms with Crippen molar-refractivity contribution in [3.8, 4) is 17.2 Å². The summed E-state index contributed by atoms with van der Waals surface area (Å²) in [7, 11) is 0. The molecule has 0 aliphatic carbocycles.